The lowest BCUT2D eigenvalue weighted by Crippen LogP contribution is -2.07. The van der Waals surface area contributed by atoms with Crippen molar-refractivity contribution in [2.24, 2.45) is 0 Å². The number of hydrogen-bond donors (Lipinski definition) is 0. The molecule has 0 aliphatic heterocycles. The Labute approximate surface area is 119 Å². The lowest BCUT2D eigenvalue weighted by molar-refractivity contribution is -0.117. The minimum atomic E-state index is 0.323. The van der Waals surface area contributed by atoms with Gasteiger partial charge in [-0.05, 0) is 45.4 Å². The Morgan fingerprint density at radius 2 is 1.68 bits per heavy atom. The quantitative estimate of drug-likeness (QED) is 0.344. The van der Waals surface area contributed by atoms with E-state index in [0.29, 0.717) is 11.9 Å². The molecule has 0 amide bonds. The van der Waals surface area contributed by atoms with Crippen LogP contribution in [0.25, 0.3) is 0 Å². The van der Waals surface area contributed by atoms with E-state index in [1.165, 1.54) is 32.1 Å². The van der Waals surface area contributed by atoms with Crippen molar-refractivity contribution >= 4 is 5.78 Å². The van der Waals surface area contributed by atoms with E-state index in [1.807, 2.05) is 0 Å². The number of hydrogen-bond acceptors (Lipinski definition) is 2. The molecule has 0 aliphatic carbocycles. The van der Waals surface area contributed by atoms with E-state index in [4.69, 9.17) is 4.74 Å². The van der Waals surface area contributed by atoms with Crippen LogP contribution in [-0.4, -0.2) is 19.0 Å². The first-order chi connectivity index (χ1) is 9.20. The molecule has 0 radical (unpaired) electrons. The molecule has 0 bridgehead atoms. The van der Waals surface area contributed by atoms with E-state index in [0.717, 1.165) is 32.1 Å². The first-order valence-corrected chi connectivity index (χ1v) is 7.88. The molecule has 1 atom stereocenters. The first kappa shape index (κ1) is 18.4. The first-order valence-electron chi connectivity index (χ1n) is 7.88. The van der Waals surface area contributed by atoms with Gasteiger partial charge in [0.25, 0.3) is 0 Å². The number of carbonyl (C=O) groups excluding carboxylic acids is 1. The van der Waals surface area contributed by atoms with E-state index in [9.17, 15) is 4.79 Å². The summed E-state index contributed by atoms with van der Waals surface area (Å²) >= 11 is 0. The number of ketones is 1. The number of unbranched alkanes of at least 4 members (excludes halogenated alkanes) is 5. The van der Waals surface area contributed by atoms with Crippen molar-refractivity contribution in [2.75, 3.05) is 7.11 Å². The van der Waals surface area contributed by atoms with Crippen LogP contribution in [0.2, 0.25) is 0 Å². The van der Waals surface area contributed by atoms with Crippen molar-refractivity contribution in [3.05, 3.63) is 12.2 Å². The third kappa shape index (κ3) is 13.6. The van der Waals surface area contributed by atoms with Gasteiger partial charge in [-0.2, -0.15) is 0 Å². The maximum atomic E-state index is 10.8. The summed E-state index contributed by atoms with van der Waals surface area (Å²) in [6.07, 6.45) is 16.4. The fourth-order valence-electron chi connectivity index (χ4n) is 2.17. The molecule has 0 unspecified atom stereocenters. The van der Waals surface area contributed by atoms with Crippen LogP contribution in [0.15, 0.2) is 12.2 Å². The molecular formula is C17H32O2. The predicted octanol–water partition coefficient (Wildman–Crippen LogP) is 5.07. The van der Waals surface area contributed by atoms with Crippen LogP contribution in [0, 0.1) is 0 Å². The van der Waals surface area contributed by atoms with Gasteiger partial charge >= 0.3 is 0 Å². The Morgan fingerprint density at radius 3 is 2.32 bits per heavy atom. The van der Waals surface area contributed by atoms with Gasteiger partial charge in [0, 0.05) is 13.5 Å². The fourth-order valence-corrected chi connectivity index (χ4v) is 2.17. The predicted molar refractivity (Wildman–Crippen MR) is 82.5 cm³/mol. The SMILES string of the molecule is CC[C@@H](CCC=CCCCCCCCC(C)=O)OC. The average molecular weight is 268 g/mol. The van der Waals surface area contributed by atoms with Crippen LogP contribution in [0.3, 0.4) is 0 Å². The van der Waals surface area contributed by atoms with Gasteiger partial charge in [0.1, 0.15) is 5.78 Å². The maximum absolute atomic E-state index is 10.8. The molecule has 112 valence electrons. The van der Waals surface area contributed by atoms with Crippen molar-refractivity contribution in [3.8, 4) is 0 Å². The van der Waals surface area contributed by atoms with Gasteiger partial charge in [-0.15, -0.1) is 0 Å². The Bertz CT molecular complexity index is 229. The van der Waals surface area contributed by atoms with E-state index < -0.39 is 0 Å². The number of carbonyl (C=O) groups is 1. The highest BCUT2D eigenvalue weighted by molar-refractivity contribution is 5.75. The minimum absolute atomic E-state index is 0.323. The summed E-state index contributed by atoms with van der Waals surface area (Å²) in [5, 5.41) is 0. The Morgan fingerprint density at radius 1 is 1.05 bits per heavy atom. The molecule has 0 aromatic heterocycles. The molecular weight excluding hydrogens is 236 g/mol. The number of Topliss-reactive ketones (excluding diaryl/α,β-unsaturated/α-hetero) is 1. The molecule has 0 saturated heterocycles. The topological polar surface area (TPSA) is 26.3 Å². The fraction of sp³-hybridized carbons (Fsp3) is 0.824. The van der Waals surface area contributed by atoms with Crippen LogP contribution in [-0.2, 0) is 9.53 Å². The molecule has 0 aromatic carbocycles. The molecule has 0 aliphatic rings. The summed E-state index contributed by atoms with van der Waals surface area (Å²) in [5.74, 6) is 0.323. The zero-order valence-corrected chi connectivity index (χ0v) is 13.1. The molecule has 0 aromatic rings. The van der Waals surface area contributed by atoms with Crippen LogP contribution in [0.1, 0.15) is 78.1 Å². The number of allylic oxidation sites excluding steroid dienone is 2. The van der Waals surface area contributed by atoms with E-state index >= 15 is 0 Å². The monoisotopic (exact) mass is 268 g/mol. The summed E-state index contributed by atoms with van der Waals surface area (Å²) in [6, 6.07) is 0. The van der Waals surface area contributed by atoms with E-state index in [-0.39, 0.29) is 0 Å². The largest absolute Gasteiger partial charge is 0.381 e. The summed E-state index contributed by atoms with van der Waals surface area (Å²) in [4.78, 5) is 10.8. The van der Waals surface area contributed by atoms with Crippen molar-refractivity contribution in [1.29, 1.82) is 0 Å². The lowest BCUT2D eigenvalue weighted by Gasteiger charge is -2.10. The van der Waals surface area contributed by atoms with E-state index in [2.05, 4.69) is 19.1 Å². The zero-order chi connectivity index (χ0) is 14.3. The van der Waals surface area contributed by atoms with Crippen molar-refractivity contribution in [2.45, 2.75) is 84.2 Å². The maximum Gasteiger partial charge on any atom is 0.129 e. The lowest BCUT2D eigenvalue weighted by atomic mass is 10.1. The van der Waals surface area contributed by atoms with Crippen molar-refractivity contribution in [1.82, 2.24) is 0 Å². The molecule has 2 nitrogen and oxygen atoms in total. The van der Waals surface area contributed by atoms with Gasteiger partial charge in [-0.25, -0.2) is 0 Å². The molecule has 0 fully saturated rings. The van der Waals surface area contributed by atoms with Gasteiger partial charge < -0.3 is 9.53 Å². The number of ether oxygens (including phenoxy) is 1. The average Bonchev–Trinajstić information content (AvgIpc) is 2.40. The molecule has 0 rings (SSSR count). The van der Waals surface area contributed by atoms with Crippen LogP contribution in [0.4, 0.5) is 0 Å². The second kappa shape index (κ2) is 13.8. The summed E-state index contributed by atoms with van der Waals surface area (Å²) in [6.45, 7) is 3.85. The summed E-state index contributed by atoms with van der Waals surface area (Å²) < 4.78 is 5.34. The Kier molecular flexibility index (Phi) is 13.3. The molecule has 2 heteroatoms. The highest BCUT2D eigenvalue weighted by atomic mass is 16.5. The number of rotatable bonds is 13. The molecule has 0 saturated carbocycles. The highest BCUT2D eigenvalue weighted by Gasteiger charge is 2.00. The van der Waals surface area contributed by atoms with Gasteiger partial charge in [-0.1, -0.05) is 38.3 Å². The molecule has 19 heavy (non-hydrogen) atoms. The summed E-state index contributed by atoms with van der Waals surface area (Å²) in [7, 11) is 1.80. The second-order valence-corrected chi connectivity index (χ2v) is 5.32. The van der Waals surface area contributed by atoms with Gasteiger partial charge in [-0.3, -0.25) is 0 Å². The zero-order valence-electron chi connectivity index (χ0n) is 13.1. The van der Waals surface area contributed by atoms with Crippen LogP contribution < -0.4 is 0 Å². The highest BCUT2D eigenvalue weighted by Crippen LogP contribution is 2.09. The summed E-state index contributed by atoms with van der Waals surface area (Å²) in [5.41, 5.74) is 0. The third-order valence-corrected chi connectivity index (χ3v) is 3.51. The smallest absolute Gasteiger partial charge is 0.129 e. The molecule has 0 N–H and O–H groups in total. The van der Waals surface area contributed by atoms with Gasteiger partial charge in [0.15, 0.2) is 0 Å². The second-order valence-electron chi connectivity index (χ2n) is 5.32. The standard InChI is InChI=1S/C17H32O2/c1-4-17(19-3)15-13-11-9-7-5-6-8-10-12-14-16(2)18/h9,11,17H,4-8,10,12-15H2,1-3H3/t17-/m0/s1. The van der Waals surface area contributed by atoms with Gasteiger partial charge in [0.2, 0.25) is 0 Å². The number of methoxy groups -OCH3 is 1. The Balaban J connectivity index is 3.23. The van der Waals surface area contributed by atoms with Crippen molar-refractivity contribution in [3.63, 3.8) is 0 Å². The van der Waals surface area contributed by atoms with Crippen LogP contribution >= 0.6 is 0 Å². The Hall–Kier alpha value is -0.630. The normalized spacial score (nSPS) is 13.0. The third-order valence-electron chi connectivity index (χ3n) is 3.51. The van der Waals surface area contributed by atoms with Crippen LogP contribution in [0.5, 0.6) is 0 Å². The molecule has 0 spiro atoms. The molecule has 0 heterocycles. The van der Waals surface area contributed by atoms with E-state index in [1.54, 1.807) is 14.0 Å². The van der Waals surface area contributed by atoms with Gasteiger partial charge in [0.05, 0.1) is 6.10 Å². The minimum Gasteiger partial charge on any atom is -0.381 e. The van der Waals surface area contributed by atoms with Crippen molar-refractivity contribution < 1.29 is 9.53 Å².